The van der Waals surface area contributed by atoms with Gasteiger partial charge in [-0.1, -0.05) is 68.4 Å². The van der Waals surface area contributed by atoms with Crippen molar-refractivity contribution < 1.29 is 9.59 Å². The van der Waals surface area contributed by atoms with E-state index in [1.807, 2.05) is 74.7 Å². The molecule has 8 heteroatoms. The Morgan fingerprint density at radius 3 is 2.50 bits per heavy atom. The van der Waals surface area contributed by atoms with Crippen molar-refractivity contribution in [2.75, 3.05) is 11.1 Å². The van der Waals surface area contributed by atoms with E-state index in [0.29, 0.717) is 23.1 Å². The highest BCUT2D eigenvalue weighted by Gasteiger charge is 2.26. The standard InChI is InChI=1S/C26H33N5O2S/c1-6-19-12-8-9-14-21(19)27-22(32)16-34-26-30-29-24(31(26)7-2)23(17(3)4)28-25(33)20-13-10-11-18(5)15-20/h8-15,17,23H,6-7,16H2,1-5H3,(H,27,32)(H,28,33)/t23-/m0/s1. The van der Waals surface area contributed by atoms with Crippen molar-refractivity contribution in [3.63, 3.8) is 0 Å². The fourth-order valence-corrected chi connectivity index (χ4v) is 4.55. The molecule has 1 aromatic heterocycles. The second kappa shape index (κ2) is 11.8. The minimum atomic E-state index is -0.305. The van der Waals surface area contributed by atoms with E-state index in [4.69, 9.17) is 0 Å². The van der Waals surface area contributed by atoms with Gasteiger partial charge < -0.3 is 15.2 Å². The number of aryl methyl sites for hydroxylation is 2. The van der Waals surface area contributed by atoms with Crippen LogP contribution in [0.5, 0.6) is 0 Å². The fourth-order valence-electron chi connectivity index (χ4n) is 3.74. The molecule has 0 saturated carbocycles. The van der Waals surface area contributed by atoms with E-state index in [9.17, 15) is 9.59 Å². The largest absolute Gasteiger partial charge is 0.342 e. The van der Waals surface area contributed by atoms with Gasteiger partial charge in [0.15, 0.2) is 11.0 Å². The highest BCUT2D eigenvalue weighted by Crippen LogP contribution is 2.26. The third-order valence-corrected chi connectivity index (χ3v) is 6.54. The number of amides is 2. The molecular weight excluding hydrogens is 446 g/mol. The molecule has 0 saturated heterocycles. The second-order valence-electron chi connectivity index (χ2n) is 8.50. The van der Waals surface area contributed by atoms with Crippen LogP contribution in [0.1, 0.15) is 61.0 Å². The van der Waals surface area contributed by atoms with E-state index in [-0.39, 0.29) is 29.5 Å². The maximum absolute atomic E-state index is 12.9. The van der Waals surface area contributed by atoms with E-state index in [1.165, 1.54) is 11.8 Å². The van der Waals surface area contributed by atoms with Crippen LogP contribution in [0, 0.1) is 12.8 Å². The molecule has 3 aromatic rings. The summed E-state index contributed by atoms with van der Waals surface area (Å²) in [4.78, 5) is 25.5. The zero-order valence-corrected chi connectivity index (χ0v) is 21.3. The van der Waals surface area contributed by atoms with Crippen LogP contribution in [0.3, 0.4) is 0 Å². The molecule has 7 nitrogen and oxygen atoms in total. The van der Waals surface area contributed by atoms with Gasteiger partial charge in [-0.25, -0.2) is 0 Å². The molecule has 3 rings (SSSR count). The van der Waals surface area contributed by atoms with E-state index in [1.54, 1.807) is 6.07 Å². The van der Waals surface area contributed by atoms with Gasteiger partial charge in [0.1, 0.15) is 0 Å². The molecule has 0 spiro atoms. The van der Waals surface area contributed by atoms with Gasteiger partial charge in [0.25, 0.3) is 5.91 Å². The molecule has 0 radical (unpaired) electrons. The number of anilines is 1. The van der Waals surface area contributed by atoms with Gasteiger partial charge in [-0.05, 0) is 49.9 Å². The van der Waals surface area contributed by atoms with E-state index in [0.717, 1.165) is 23.2 Å². The summed E-state index contributed by atoms with van der Waals surface area (Å²) in [6, 6.07) is 15.0. The summed E-state index contributed by atoms with van der Waals surface area (Å²) in [5, 5.41) is 15.5. The smallest absolute Gasteiger partial charge is 0.251 e. The summed E-state index contributed by atoms with van der Waals surface area (Å²) in [7, 11) is 0. The summed E-state index contributed by atoms with van der Waals surface area (Å²) >= 11 is 1.34. The van der Waals surface area contributed by atoms with E-state index < -0.39 is 0 Å². The van der Waals surface area contributed by atoms with Crippen LogP contribution in [0.2, 0.25) is 0 Å². The third-order valence-electron chi connectivity index (χ3n) is 5.58. The zero-order valence-electron chi connectivity index (χ0n) is 20.5. The molecule has 0 aliphatic rings. The van der Waals surface area contributed by atoms with Crippen molar-refractivity contribution in [1.29, 1.82) is 0 Å². The molecule has 180 valence electrons. The van der Waals surface area contributed by atoms with Crippen LogP contribution in [-0.2, 0) is 17.8 Å². The number of nitrogens with zero attached hydrogens (tertiary/aromatic N) is 3. The molecule has 2 aromatic carbocycles. The van der Waals surface area contributed by atoms with Gasteiger partial charge in [0.05, 0.1) is 11.8 Å². The van der Waals surface area contributed by atoms with Gasteiger partial charge in [0.2, 0.25) is 5.91 Å². The lowest BCUT2D eigenvalue weighted by Crippen LogP contribution is -2.33. The highest BCUT2D eigenvalue weighted by molar-refractivity contribution is 7.99. The van der Waals surface area contributed by atoms with Crippen molar-refractivity contribution in [1.82, 2.24) is 20.1 Å². The van der Waals surface area contributed by atoms with Crippen molar-refractivity contribution in [3.05, 3.63) is 71.0 Å². The van der Waals surface area contributed by atoms with Gasteiger partial charge in [0, 0.05) is 17.8 Å². The normalized spacial score (nSPS) is 11.9. The number of aromatic nitrogens is 3. The zero-order chi connectivity index (χ0) is 24.7. The Morgan fingerprint density at radius 2 is 1.82 bits per heavy atom. The van der Waals surface area contributed by atoms with Crippen molar-refractivity contribution in [2.45, 2.75) is 58.8 Å². The molecule has 0 bridgehead atoms. The minimum absolute atomic E-state index is 0.0914. The number of hydrogen-bond acceptors (Lipinski definition) is 5. The van der Waals surface area contributed by atoms with Gasteiger partial charge >= 0.3 is 0 Å². The summed E-state index contributed by atoms with van der Waals surface area (Å²) < 4.78 is 1.97. The Morgan fingerprint density at radius 1 is 1.06 bits per heavy atom. The molecule has 34 heavy (non-hydrogen) atoms. The van der Waals surface area contributed by atoms with E-state index >= 15 is 0 Å². The summed E-state index contributed by atoms with van der Waals surface area (Å²) in [5.74, 6) is 0.785. The van der Waals surface area contributed by atoms with Crippen molar-refractivity contribution >= 4 is 29.3 Å². The Kier molecular flexibility index (Phi) is 8.87. The van der Waals surface area contributed by atoms with Crippen LogP contribution in [-0.4, -0.2) is 32.3 Å². The number of thioether (sulfide) groups is 1. The Balaban J connectivity index is 1.72. The quantitative estimate of drug-likeness (QED) is 0.398. The number of carbonyl (C=O) groups is 2. The number of para-hydroxylation sites is 1. The van der Waals surface area contributed by atoms with Crippen LogP contribution in [0.15, 0.2) is 53.7 Å². The molecule has 2 amide bonds. The van der Waals surface area contributed by atoms with Crippen LogP contribution in [0.25, 0.3) is 0 Å². The molecular formula is C26H33N5O2S. The number of hydrogen-bond donors (Lipinski definition) is 2. The average Bonchev–Trinajstić information content (AvgIpc) is 3.23. The summed E-state index contributed by atoms with van der Waals surface area (Å²) in [5.41, 5.74) is 3.59. The maximum atomic E-state index is 12.9. The Labute approximate surface area is 205 Å². The molecule has 0 aliphatic heterocycles. The van der Waals surface area contributed by atoms with E-state index in [2.05, 4.69) is 27.8 Å². The number of carbonyl (C=O) groups excluding carboxylic acids is 2. The number of rotatable bonds is 10. The average molecular weight is 480 g/mol. The molecule has 0 fully saturated rings. The fraction of sp³-hybridized carbons (Fsp3) is 0.385. The first-order valence-corrected chi connectivity index (χ1v) is 12.6. The lowest BCUT2D eigenvalue weighted by molar-refractivity contribution is -0.113. The molecule has 0 unspecified atom stereocenters. The lowest BCUT2D eigenvalue weighted by atomic mass is 10.0. The Bertz CT molecular complexity index is 1140. The molecule has 0 aliphatic carbocycles. The predicted octanol–water partition coefficient (Wildman–Crippen LogP) is 5.03. The molecule has 2 N–H and O–H groups in total. The maximum Gasteiger partial charge on any atom is 0.251 e. The number of nitrogens with one attached hydrogen (secondary N) is 2. The second-order valence-corrected chi connectivity index (χ2v) is 9.44. The van der Waals surface area contributed by atoms with Crippen LogP contribution < -0.4 is 10.6 Å². The SMILES string of the molecule is CCc1ccccc1NC(=O)CSc1nnc([C@@H](NC(=O)c2cccc(C)c2)C(C)C)n1CC. The van der Waals surface area contributed by atoms with Gasteiger partial charge in [-0.15, -0.1) is 10.2 Å². The monoisotopic (exact) mass is 479 g/mol. The first-order chi connectivity index (χ1) is 16.3. The topological polar surface area (TPSA) is 88.9 Å². The van der Waals surface area contributed by atoms with Crippen molar-refractivity contribution in [3.8, 4) is 0 Å². The lowest BCUT2D eigenvalue weighted by Gasteiger charge is -2.22. The molecule has 1 heterocycles. The summed E-state index contributed by atoms with van der Waals surface area (Å²) in [6.45, 7) is 10.8. The van der Waals surface area contributed by atoms with Gasteiger partial charge in [-0.2, -0.15) is 0 Å². The third kappa shape index (κ3) is 6.26. The van der Waals surface area contributed by atoms with Crippen LogP contribution in [0.4, 0.5) is 5.69 Å². The minimum Gasteiger partial charge on any atom is -0.342 e. The highest BCUT2D eigenvalue weighted by atomic mass is 32.2. The first kappa shape index (κ1) is 25.5. The number of benzene rings is 2. The summed E-state index contributed by atoms with van der Waals surface area (Å²) in [6.07, 6.45) is 0.849. The van der Waals surface area contributed by atoms with Gasteiger partial charge in [-0.3, -0.25) is 9.59 Å². The first-order valence-electron chi connectivity index (χ1n) is 11.6. The van der Waals surface area contributed by atoms with Crippen molar-refractivity contribution in [2.24, 2.45) is 5.92 Å². The predicted molar refractivity (Wildman–Crippen MR) is 137 cm³/mol. The van der Waals surface area contributed by atoms with Crippen LogP contribution >= 0.6 is 11.8 Å². The molecule has 1 atom stereocenters. The Hall–Kier alpha value is -3.13.